The van der Waals surface area contributed by atoms with Crippen LogP contribution in [0.4, 0.5) is 0 Å². The molecule has 0 aliphatic carbocycles. The summed E-state index contributed by atoms with van der Waals surface area (Å²) in [6.45, 7) is 1.74. The number of H-pyrrole nitrogens is 1. The number of nitrogens with zero attached hydrogens (tertiary/aromatic N) is 1. The Hall–Kier alpha value is -2.68. The van der Waals surface area contributed by atoms with E-state index in [0.717, 1.165) is 0 Å². The summed E-state index contributed by atoms with van der Waals surface area (Å²) >= 11 is 4.06. The molecule has 186 valence electrons. The number of carbonyl (C=O) groups excluding carboxylic acids is 3. The first-order valence-electron chi connectivity index (χ1n) is 10.5. The Kier molecular flexibility index (Phi) is 12.4. The molecule has 1 heterocycles. The monoisotopic (exact) mass is 487 g/mol. The van der Waals surface area contributed by atoms with Crippen LogP contribution in [-0.4, -0.2) is 86.4 Å². The number of thiol groups is 1. The summed E-state index contributed by atoms with van der Waals surface area (Å²) in [4.78, 5) is 55.6. The fourth-order valence-corrected chi connectivity index (χ4v) is 3.11. The lowest BCUT2D eigenvalue weighted by molar-refractivity contribution is -0.143. The van der Waals surface area contributed by atoms with E-state index in [1.807, 2.05) is 0 Å². The number of aliphatic hydroxyl groups is 1. The summed E-state index contributed by atoms with van der Waals surface area (Å²) in [5.74, 6) is -3.66. The molecule has 1 aromatic heterocycles. The smallest absolute Gasteiger partial charge is 0.326 e. The minimum absolute atomic E-state index is 0.0844. The van der Waals surface area contributed by atoms with Crippen molar-refractivity contribution >= 4 is 36.3 Å². The molecule has 0 saturated carbocycles. The largest absolute Gasteiger partial charge is 0.480 e. The van der Waals surface area contributed by atoms with E-state index in [-0.39, 0.29) is 12.2 Å². The van der Waals surface area contributed by atoms with Gasteiger partial charge in [-0.25, -0.2) is 9.78 Å². The first-order chi connectivity index (χ1) is 15.6. The van der Waals surface area contributed by atoms with E-state index in [9.17, 15) is 29.4 Å². The Bertz CT molecular complexity index is 777. The molecule has 0 aliphatic heterocycles. The molecule has 0 spiro atoms. The number of carboxylic acid groups (broad SMARTS) is 1. The highest BCUT2D eigenvalue weighted by Crippen LogP contribution is 2.03. The number of rotatable bonds is 15. The predicted octanol–water partition coefficient (Wildman–Crippen LogP) is -2.74. The highest BCUT2D eigenvalue weighted by atomic mass is 32.1. The molecule has 1 aromatic rings. The van der Waals surface area contributed by atoms with E-state index in [1.54, 1.807) is 0 Å². The van der Waals surface area contributed by atoms with E-state index in [0.29, 0.717) is 31.5 Å². The van der Waals surface area contributed by atoms with E-state index in [2.05, 4.69) is 38.5 Å². The maximum atomic E-state index is 12.6. The second kappa shape index (κ2) is 14.5. The quantitative estimate of drug-likeness (QED) is 0.0922. The highest BCUT2D eigenvalue weighted by molar-refractivity contribution is 7.80. The molecule has 3 amide bonds. The number of hydrogen-bond acceptors (Lipinski definition) is 9. The number of aromatic nitrogens is 2. The third-order valence-corrected chi connectivity index (χ3v) is 5.14. The summed E-state index contributed by atoms with van der Waals surface area (Å²) in [6.07, 6.45) is 3.08. The molecule has 0 aliphatic rings. The van der Waals surface area contributed by atoms with Gasteiger partial charge in [0.1, 0.15) is 18.1 Å². The van der Waals surface area contributed by atoms with Crippen LogP contribution in [0, 0.1) is 0 Å². The van der Waals surface area contributed by atoms with Crippen molar-refractivity contribution in [3.8, 4) is 0 Å². The van der Waals surface area contributed by atoms with Gasteiger partial charge >= 0.3 is 5.97 Å². The van der Waals surface area contributed by atoms with Gasteiger partial charge in [-0.2, -0.15) is 12.6 Å². The summed E-state index contributed by atoms with van der Waals surface area (Å²) in [5, 5.41) is 26.5. The number of aliphatic hydroxyl groups excluding tert-OH is 1. The summed E-state index contributed by atoms with van der Waals surface area (Å²) in [5.41, 5.74) is 11.7. The maximum Gasteiger partial charge on any atom is 0.326 e. The first kappa shape index (κ1) is 28.4. The van der Waals surface area contributed by atoms with Crippen molar-refractivity contribution in [1.29, 1.82) is 0 Å². The molecule has 13 nitrogen and oxygen atoms in total. The highest BCUT2D eigenvalue weighted by Gasteiger charge is 2.32. The van der Waals surface area contributed by atoms with Crippen LogP contribution in [-0.2, 0) is 25.6 Å². The van der Waals surface area contributed by atoms with Crippen molar-refractivity contribution in [1.82, 2.24) is 25.9 Å². The van der Waals surface area contributed by atoms with Crippen LogP contribution in [0.5, 0.6) is 0 Å². The summed E-state index contributed by atoms with van der Waals surface area (Å²) < 4.78 is 0. The van der Waals surface area contributed by atoms with Gasteiger partial charge in [-0.15, -0.1) is 0 Å². The number of carbonyl (C=O) groups is 4. The molecule has 10 N–H and O–H groups in total. The van der Waals surface area contributed by atoms with E-state index >= 15 is 0 Å². The first-order valence-corrected chi connectivity index (χ1v) is 11.1. The molecule has 0 radical (unpaired) electrons. The van der Waals surface area contributed by atoms with Crippen molar-refractivity contribution in [2.75, 3.05) is 12.3 Å². The van der Waals surface area contributed by atoms with Crippen molar-refractivity contribution in [2.45, 2.75) is 62.9 Å². The third kappa shape index (κ3) is 9.77. The number of amides is 3. The molecule has 5 unspecified atom stereocenters. The molecule has 0 aromatic carbocycles. The molecule has 14 heteroatoms. The number of hydrogen-bond donors (Lipinski definition) is 9. The topological polar surface area (TPSA) is 226 Å². The standard InChI is InChI=1S/C19H33N7O6S/c1-10(27)15(18(30)24-13(19(31)32)6-11-7-22-9-23-11)26-17(29)14(8-33)25-16(28)12(21)4-2-3-5-20/h7,9-10,12-15,27,33H,2-6,8,20-21H2,1H3,(H,22,23)(H,24,30)(H,25,28)(H,26,29)(H,31,32). The average molecular weight is 488 g/mol. The van der Waals surface area contributed by atoms with Crippen LogP contribution in [0.25, 0.3) is 0 Å². The number of aromatic amines is 1. The van der Waals surface area contributed by atoms with Crippen molar-refractivity contribution in [3.05, 3.63) is 18.2 Å². The van der Waals surface area contributed by atoms with Gasteiger partial charge in [-0.1, -0.05) is 6.42 Å². The van der Waals surface area contributed by atoms with Gasteiger partial charge in [0.05, 0.1) is 18.5 Å². The van der Waals surface area contributed by atoms with Gasteiger partial charge in [0.15, 0.2) is 0 Å². The molecule has 5 atom stereocenters. The number of imidazole rings is 1. The van der Waals surface area contributed by atoms with Gasteiger partial charge in [-0.05, 0) is 26.3 Å². The number of nitrogens with one attached hydrogen (secondary N) is 4. The fourth-order valence-electron chi connectivity index (χ4n) is 2.85. The zero-order valence-electron chi connectivity index (χ0n) is 18.4. The molecule has 0 saturated heterocycles. The second-order valence-corrected chi connectivity index (χ2v) is 7.91. The molecular weight excluding hydrogens is 454 g/mol. The number of unbranched alkanes of at least 4 members (excludes halogenated alkanes) is 1. The van der Waals surface area contributed by atoms with Gasteiger partial charge in [0.2, 0.25) is 17.7 Å². The van der Waals surface area contributed by atoms with E-state index < -0.39 is 54.0 Å². The van der Waals surface area contributed by atoms with Crippen LogP contribution in [0.2, 0.25) is 0 Å². The maximum absolute atomic E-state index is 12.6. The van der Waals surface area contributed by atoms with Crippen LogP contribution in [0.1, 0.15) is 31.9 Å². The molecular formula is C19H33N7O6S. The predicted molar refractivity (Wildman–Crippen MR) is 122 cm³/mol. The molecule has 1 rings (SSSR count). The molecule has 33 heavy (non-hydrogen) atoms. The van der Waals surface area contributed by atoms with Gasteiger partial charge in [0, 0.05) is 24.1 Å². The normalized spacial score (nSPS) is 15.5. The second-order valence-electron chi connectivity index (χ2n) is 7.54. The van der Waals surface area contributed by atoms with Crippen LogP contribution in [0.15, 0.2) is 12.5 Å². The zero-order valence-corrected chi connectivity index (χ0v) is 19.3. The Morgan fingerprint density at radius 3 is 2.30 bits per heavy atom. The third-order valence-electron chi connectivity index (χ3n) is 4.78. The number of nitrogens with two attached hydrogens (primary N) is 2. The summed E-state index contributed by atoms with van der Waals surface area (Å²) in [6, 6.07) is -4.78. The van der Waals surface area contributed by atoms with E-state index in [4.69, 9.17) is 11.5 Å². The summed E-state index contributed by atoms with van der Waals surface area (Å²) in [7, 11) is 0. The fraction of sp³-hybridized carbons (Fsp3) is 0.632. The Morgan fingerprint density at radius 2 is 1.79 bits per heavy atom. The number of carboxylic acids is 1. The van der Waals surface area contributed by atoms with Gasteiger partial charge in [0.25, 0.3) is 0 Å². The van der Waals surface area contributed by atoms with E-state index in [1.165, 1.54) is 19.4 Å². The van der Waals surface area contributed by atoms with Crippen molar-refractivity contribution < 1.29 is 29.4 Å². The lowest BCUT2D eigenvalue weighted by atomic mass is 10.1. The van der Waals surface area contributed by atoms with Gasteiger partial charge in [-0.3, -0.25) is 14.4 Å². The zero-order chi connectivity index (χ0) is 25.0. The Labute approximate surface area is 196 Å². The van der Waals surface area contributed by atoms with Crippen LogP contribution >= 0.6 is 12.6 Å². The Morgan fingerprint density at radius 1 is 1.12 bits per heavy atom. The van der Waals surface area contributed by atoms with Crippen LogP contribution < -0.4 is 27.4 Å². The average Bonchev–Trinajstić information content (AvgIpc) is 3.27. The molecule has 0 bridgehead atoms. The van der Waals surface area contributed by atoms with Crippen molar-refractivity contribution in [2.24, 2.45) is 11.5 Å². The SMILES string of the molecule is CC(O)C(NC(=O)C(CS)NC(=O)C(N)CCCCN)C(=O)NC(Cc1cnc[nH]1)C(=O)O. The lowest BCUT2D eigenvalue weighted by Crippen LogP contribution is -2.60. The number of aliphatic carboxylic acids is 1. The van der Waals surface area contributed by atoms with Gasteiger partial charge < -0.3 is 42.6 Å². The lowest BCUT2D eigenvalue weighted by Gasteiger charge is -2.26. The van der Waals surface area contributed by atoms with Crippen molar-refractivity contribution in [3.63, 3.8) is 0 Å². The minimum atomic E-state index is -1.47. The van der Waals surface area contributed by atoms with Crippen LogP contribution in [0.3, 0.4) is 0 Å². The molecule has 0 fully saturated rings. The Balaban J connectivity index is 2.77. The minimum Gasteiger partial charge on any atom is -0.480 e.